The second-order valence-corrected chi connectivity index (χ2v) is 4.79. The van der Waals surface area contributed by atoms with Gasteiger partial charge >= 0.3 is 0 Å². The Morgan fingerprint density at radius 1 is 1.29 bits per heavy atom. The van der Waals surface area contributed by atoms with Gasteiger partial charge in [-0.2, -0.15) is 5.10 Å². The second kappa shape index (κ2) is 4.40. The molecule has 0 saturated heterocycles. The van der Waals surface area contributed by atoms with Crippen LogP contribution < -0.4 is 5.73 Å². The van der Waals surface area contributed by atoms with Crippen LogP contribution >= 0.6 is 11.8 Å². The largest absolute Gasteiger partial charge is 0.395 e. The SMILES string of the molecule is CCc1nn(C)c(Sc2nnc(C)n2C)c1N. The normalized spacial score (nSPS) is 11.1. The van der Waals surface area contributed by atoms with Gasteiger partial charge in [-0.1, -0.05) is 6.92 Å². The first-order valence-electron chi connectivity index (χ1n) is 5.39. The highest BCUT2D eigenvalue weighted by Crippen LogP contribution is 2.32. The number of rotatable bonds is 3. The van der Waals surface area contributed by atoms with Crippen molar-refractivity contribution < 1.29 is 0 Å². The summed E-state index contributed by atoms with van der Waals surface area (Å²) >= 11 is 1.49. The van der Waals surface area contributed by atoms with E-state index in [4.69, 9.17) is 5.73 Å². The zero-order valence-electron chi connectivity index (χ0n) is 10.4. The van der Waals surface area contributed by atoms with Crippen LogP contribution in [0.5, 0.6) is 0 Å². The van der Waals surface area contributed by atoms with Crippen LogP contribution in [0.3, 0.4) is 0 Å². The molecule has 7 heteroatoms. The molecule has 0 aliphatic carbocycles. The smallest absolute Gasteiger partial charge is 0.197 e. The van der Waals surface area contributed by atoms with E-state index in [-0.39, 0.29) is 0 Å². The van der Waals surface area contributed by atoms with E-state index in [1.54, 1.807) is 4.68 Å². The van der Waals surface area contributed by atoms with E-state index >= 15 is 0 Å². The highest BCUT2D eigenvalue weighted by atomic mass is 32.2. The maximum atomic E-state index is 6.06. The molecule has 2 aromatic rings. The molecule has 2 N–H and O–H groups in total. The van der Waals surface area contributed by atoms with Crippen molar-refractivity contribution in [1.29, 1.82) is 0 Å². The Labute approximate surface area is 104 Å². The molecule has 6 nitrogen and oxygen atoms in total. The average Bonchev–Trinajstić information content (AvgIpc) is 2.76. The molecule has 2 aromatic heterocycles. The highest BCUT2D eigenvalue weighted by molar-refractivity contribution is 7.99. The maximum absolute atomic E-state index is 6.06. The van der Waals surface area contributed by atoms with Gasteiger partial charge in [-0.15, -0.1) is 10.2 Å². The predicted octanol–water partition coefficient (Wildman–Crippen LogP) is 1.15. The standard InChI is InChI=1S/C10H16N6S/c1-5-7-8(11)9(16(4)14-7)17-10-13-12-6(2)15(10)3/h5,11H2,1-4H3. The molecule has 0 atom stereocenters. The zero-order chi connectivity index (χ0) is 12.6. The number of aromatic nitrogens is 5. The van der Waals surface area contributed by atoms with Crippen molar-refractivity contribution in [1.82, 2.24) is 24.5 Å². The third-order valence-electron chi connectivity index (χ3n) is 2.68. The minimum absolute atomic E-state index is 0.737. The summed E-state index contributed by atoms with van der Waals surface area (Å²) in [5.41, 5.74) is 7.72. The van der Waals surface area contributed by atoms with Gasteiger partial charge in [-0.25, -0.2) is 0 Å². The molecule has 92 valence electrons. The Morgan fingerprint density at radius 3 is 2.47 bits per heavy atom. The summed E-state index contributed by atoms with van der Waals surface area (Å²) in [5, 5.41) is 14.2. The summed E-state index contributed by atoms with van der Waals surface area (Å²) in [6.07, 6.45) is 0.831. The minimum atomic E-state index is 0.737. The summed E-state index contributed by atoms with van der Waals surface area (Å²) in [7, 11) is 3.83. The number of nitrogens with zero attached hydrogens (tertiary/aromatic N) is 5. The molecule has 0 aliphatic heterocycles. The first-order chi connectivity index (χ1) is 8.04. The Bertz CT molecular complexity index is 541. The van der Waals surface area contributed by atoms with E-state index in [2.05, 4.69) is 15.3 Å². The van der Waals surface area contributed by atoms with Crippen molar-refractivity contribution in [2.45, 2.75) is 30.5 Å². The predicted molar refractivity (Wildman–Crippen MR) is 66.9 cm³/mol. The first-order valence-corrected chi connectivity index (χ1v) is 6.21. The first kappa shape index (κ1) is 12.0. The molecule has 2 rings (SSSR count). The molecule has 0 fully saturated rings. The van der Waals surface area contributed by atoms with Gasteiger partial charge in [-0.3, -0.25) is 4.68 Å². The van der Waals surface area contributed by atoms with E-state index in [0.29, 0.717) is 0 Å². The van der Waals surface area contributed by atoms with E-state index in [0.717, 1.165) is 33.8 Å². The van der Waals surface area contributed by atoms with E-state index in [1.165, 1.54) is 11.8 Å². The fraction of sp³-hybridized carbons (Fsp3) is 0.500. The number of aryl methyl sites for hydroxylation is 3. The van der Waals surface area contributed by atoms with Crippen molar-refractivity contribution in [3.63, 3.8) is 0 Å². The number of hydrogen-bond acceptors (Lipinski definition) is 5. The van der Waals surface area contributed by atoms with Crippen molar-refractivity contribution in [3.8, 4) is 0 Å². The molecule has 0 unspecified atom stereocenters. The van der Waals surface area contributed by atoms with Crippen molar-refractivity contribution in [2.75, 3.05) is 5.73 Å². The molecular weight excluding hydrogens is 236 g/mol. The van der Waals surface area contributed by atoms with Crippen LogP contribution in [-0.2, 0) is 20.5 Å². The Balaban J connectivity index is 2.36. The van der Waals surface area contributed by atoms with Gasteiger partial charge in [0.2, 0.25) is 0 Å². The van der Waals surface area contributed by atoms with Crippen LogP contribution in [0.2, 0.25) is 0 Å². The fourth-order valence-electron chi connectivity index (χ4n) is 1.52. The molecule has 0 radical (unpaired) electrons. The van der Waals surface area contributed by atoms with Gasteiger partial charge in [0, 0.05) is 14.1 Å². The number of hydrogen-bond donors (Lipinski definition) is 1. The summed E-state index contributed by atoms with van der Waals surface area (Å²) in [5.74, 6) is 0.879. The van der Waals surface area contributed by atoms with Gasteiger partial charge in [0.25, 0.3) is 0 Å². The Kier molecular flexibility index (Phi) is 3.10. The van der Waals surface area contributed by atoms with Crippen molar-refractivity contribution in [3.05, 3.63) is 11.5 Å². The van der Waals surface area contributed by atoms with Gasteiger partial charge in [0.1, 0.15) is 10.9 Å². The van der Waals surface area contributed by atoms with Crippen LogP contribution in [0.4, 0.5) is 5.69 Å². The van der Waals surface area contributed by atoms with Crippen LogP contribution in [0, 0.1) is 6.92 Å². The lowest BCUT2D eigenvalue weighted by molar-refractivity contribution is 0.683. The van der Waals surface area contributed by atoms with E-state index < -0.39 is 0 Å². The lowest BCUT2D eigenvalue weighted by Gasteiger charge is -2.02. The summed E-state index contributed by atoms with van der Waals surface area (Å²) < 4.78 is 3.73. The minimum Gasteiger partial charge on any atom is -0.395 e. The quantitative estimate of drug-likeness (QED) is 0.887. The molecule has 0 aliphatic rings. The van der Waals surface area contributed by atoms with Gasteiger partial charge in [-0.05, 0) is 25.1 Å². The monoisotopic (exact) mass is 252 g/mol. The molecule has 0 amide bonds. The second-order valence-electron chi connectivity index (χ2n) is 3.83. The Morgan fingerprint density at radius 2 is 2.00 bits per heavy atom. The third-order valence-corrected chi connectivity index (χ3v) is 3.90. The van der Waals surface area contributed by atoms with E-state index in [1.807, 2.05) is 32.5 Å². The number of nitrogens with two attached hydrogens (primary N) is 1. The van der Waals surface area contributed by atoms with Crippen LogP contribution in [0.15, 0.2) is 10.2 Å². The zero-order valence-corrected chi connectivity index (χ0v) is 11.2. The maximum Gasteiger partial charge on any atom is 0.197 e. The summed E-state index contributed by atoms with van der Waals surface area (Å²) in [4.78, 5) is 0. The topological polar surface area (TPSA) is 74.5 Å². The lowest BCUT2D eigenvalue weighted by Crippen LogP contribution is -1.97. The molecule has 17 heavy (non-hydrogen) atoms. The van der Waals surface area contributed by atoms with Gasteiger partial charge < -0.3 is 10.3 Å². The number of nitrogen functional groups attached to an aromatic ring is 1. The average molecular weight is 252 g/mol. The fourth-order valence-corrected chi connectivity index (χ4v) is 2.45. The Hall–Kier alpha value is -1.50. The molecule has 0 aromatic carbocycles. The molecular formula is C10H16N6S. The molecule has 2 heterocycles. The summed E-state index contributed by atoms with van der Waals surface area (Å²) in [6, 6.07) is 0. The van der Waals surface area contributed by atoms with Crippen LogP contribution in [0.1, 0.15) is 18.4 Å². The van der Waals surface area contributed by atoms with Gasteiger partial charge in [0.05, 0.1) is 11.4 Å². The molecule has 0 spiro atoms. The van der Waals surface area contributed by atoms with Crippen molar-refractivity contribution >= 4 is 17.4 Å². The number of anilines is 1. The third kappa shape index (κ3) is 2.02. The molecule has 0 bridgehead atoms. The van der Waals surface area contributed by atoms with Crippen LogP contribution in [0.25, 0.3) is 0 Å². The molecule has 0 saturated carbocycles. The lowest BCUT2D eigenvalue weighted by atomic mass is 10.3. The highest BCUT2D eigenvalue weighted by Gasteiger charge is 2.16. The van der Waals surface area contributed by atoms with Crippen LogP contribution in [-0.4, -0.2) is 24.5 Å². The van der Waals surface area contributed by atoms with E-state index in [9.17, 15) is 0 Å². The van der Waals surface area contributed by atoms with Gasteiger partial charge in [0.15, 0.2) is 5.16 Å². The summed E-state index contributed by atoms with van der Waals surface area (Å²) in [6.45, 7) is 3.96. The van der Waals surface area contributed by atoms with Crippen molar-refractivity contribution in [2.24, 2.45) is 14.1 Å².